The minimum absolute atomic E-state index is 0.0897. The van der Waals surface area contributed by atoms with Gasteiger partial charge < -0.3 is 0 Å². The van der Waals surface area contributed by atoms with E-state index < -0.39 is 0 Å². The van der Waals surface area contributed by atoms with Gasteiger partial charge in [-0.1, -0.05) is 29.3 Å². The number of carbonyl (C=O) groups is 1. The number of ketones is 1. The van der Waals surface area contributed by atoms with Gasteiger partial charge in [0.1, 0.15) is 0 Å². The van der Waals surface area contributed by atoms with Crippen molar-refractivity contribution in [3.8, 4) is 0 Å². The van der Waals surface area contributed by atoms with E-state index in [0.29, 0.717) is 21.2 Å². The van der Waals surface area contributed by atoms with E-state index in [9.17, 15) is 4.79 Å². The maximum absolute atomic E-state index is 12.6. The van der Waals surface area contributed by atoms with Crippen molar-refractivity contribution in [3.63, 3.8) is 0 Å². The average Bonchev–Trinajstić information content (AvgIpc) is 2.36. The highest BCUT2D eigenvalue weighted by atomic mass is 35.5. The van der Waals surface area contributed by atoms with Gasteiger partial charge in [0.2, 0.25) is 0 Å². The molecule has 0 N–H and O–H groups in total. The van der Waals surface area contributed by atoms with Crippen LogP contribution in [0, 0.1) is 20.8 Å². The SMILES string of the molecule is Cc1cc(C)c(C(=O)c2cc(Cl)ccc2Cl)cc1C. The Morgan fingerprint density at radius 2 is 1.47 bits per heavy atom. The van der Waals surface area contributed by atoms with Gasteiger partial charge in [-0.2, -0.15) is 0 Å². The van der Waals surface area contributed by atoms with E-state index >= 15 is 0 Å². The van der Waals surface area contributed by atoms with Crippen LogP contribution in [0.3, 0.4) is 0 Å². The summed E-state index contributed by atoms with van der Waals surface area (Å²) < 4.78 is 0. The fourth-order valence-corrected chi connectivity index (χ4v) is 2.40. The van der Waals surface area contributed by atoms with Crippen LogP contribution in [0.1, 0.15) is 32.6 Å². The molecule has 0 amide bonds. The normalized spacial score (nSPS) is 10.6. The van der Waals surface area contributed by atoms with Crippen molar-refractivity contribution in [1.82, 2.24) is 0 Å². The standard InChI is InChI=1S/C16H14Cl2O/c1-9-6-11(3)13(7-10(9)2)16(19)14-8-12(17)4-5-15(14)18/h4-8H,1-3H3. The summed E-state index contributed by atoms with van der Waals surface area (Å²) in [4.78, 5) is 12.6. The van der Waals surface area contributed by atoms with Gasteiger partial charge in [0.05, 0.1) is 5.02 Å². The van der Waals surface area contributed by atoms with Crippen LogP contribution in [0.5, 0.6) is 0 Å². The highest BCUT2D eigenvalue weighted by molar-refractivity contribution is 6.36. The predicted molar refractivity (Wildman–Crippen MR) is 80.5 cm³/mol. The first-order valence-corrected chi connectivity index (χ1v) is 6.73. The zero-order valence-corrected chi connectivity index (χ0v) is 12.6. The summed E-state index contributed by atoms with van der Waals surface area (Å²) in [5, 5.41) is 0.932. The number of hydrogen-bond donors (Lipinski definition) is 0. The van der Waals surface area contributed by atoms with Crippen molar-refractivity contribution in [1.29, 1.82) is 0 Å². The van der Waals surface area contributed by atoms with Crippen LogP contribution in [-0.4, -0.2) is 5.78 Å². The van der Waals surface area contributed by atoms with Gasteiger partial charge in [0.15, 0.2) is 5.78 Å². The van der Waals surface area contributed by atoms with Crippen LogP contribution in [0.4, 0.5) is 0 Å². The van der Waals surface area contributed by atoms with E-state index in [-0.39, 0.29) is 5.78 Å². The topological polar surface area (TPSA) is 17.1 Å². The lowest BCUT2D eigenvalue weighted by molar-refractivity contribution is 0.103. The lowest BCUT2D eigenvalue weighted by atomic mass is 9.95. The van der Waals surface area contributed by atoms with Gasteiger partial charge in [-0.3, -0.25) is 4.79 Å². The largest absolute Gasteiger partial charge is 0.289 e. The van der Waals surface area contributed by atoms with E-state index in [1.165, 1.54) is 5.56 Å². The Balaban J connectivity index is 2.56. The van der Waals surface area contributed by atoms with Gasteiger partial charge in [-0.25, -0.2) is 0 Å². The van der Waals surface area contributed by atoms with Crippen molar-refractivity contribution in [2.75, 3.05) is 0 Å². The first-order chi connectivity index (χ1) is 8.90. The molecule has 0 saturated carbocycles. The lowest BCUT2D eigenvalue weighted by Crippen LogP contribution is -2.06. The fraction of sp³-hybridized carbons (Fsp3) is 0.188. The van der Waals surface area contributed by atoms with E-state index in [1.54, 1.807) is 18.2 Å². The van der Waals surface area contributed by atoms with Gasteiger partial charge in [0, 0.05) is 16.1 Å². The molecule has 0 unspecified atom stereocenters. The number of halogens is 2. The summed E-state index contributed by atoms with van der Waals surface area (Å²) in [5.74, 6) is -0.0897. The number of rotatable bonds is 2. The second-order valence-corrected chi connectivity index (χ2v) is 5.55. The van der Waals surface area contributed by atoms with Crippen molar-refractivity contribution in [2.45, 2.75) is 20.8 Å². The molecule has 0 aliphatic heterocycles. The van der Waals surface area contributed by atoms with E-state index in [0.717, 1.165) is 11.1 Å². The quantitative estimate of drug-likeness (QED) is 0.700. The second-order valence-electron chi connectivity index (χ2n) is 4.70. The predicted octanol–water partition coefficient (Wildman–Crippen LogP) is 5.15. The smallest absolute Gasteiger partial charge is 0.194 e. The fourth-order valence-electron chi connectivity index (χ4n) is 2.02. The Morgan fingerprint density at radius 3 is 2.16 bits per heavy atom. The maximum atomic E-state index is 12.6. The number of benzene rings is 2. The monoisotopic (exact) mass is 292 g/mol. The third-order valence-electron chi connectivity index (χ3n) is 3.26. The summed E-state index contributed by atoms with van der Waals surface area (Å²) in [7, 11) is 0. The van der Waals surface area contributed by atoms with Crippen LogP contribution in [0.15, 0.2) is 30.3 Å². The van der Waals surface area contributed by atoms with Gasteiger partial charge in [0.25, 0.3) is 0 Å². The van der Waals surface area contributed by atoms with Gasteiger partial charge >= 0.3 is 0 Å². The number of aryl methyl sites for hydroxylation is 3. The molecule has 0 spiro atoms. The van der Waals surface area contributed by atoms with Crippen molar-refractivity contribution in [3.05, 3.63) is 68.2 Å². The molecule has 0 aromatic heterocycles. The Morgan fingerprint density at radius 1 is 0.842 bits per heavy atom. The molecular weight excluding hydrogens is 279 g/mol. The second kappa shape index (κ2) is 5.36. The van der Waals surface area contributed by atoms with Gasteiger partial charge in [-0.05, 0) is 61.7 Å². The molecule has 1 nitrogen and oxygen atoms in total. The lowest BCUT2D eigenvalue weighted by Gasteiger charge is -2.10. The molecule has 98 valence electrons. The zero-order chi connectivity index (χ0) is 14.2. The minimum Gasteiger partial charge on any atom is -0.289 e. The Hall–Kier alpha value is -1.31. The third kappa shape index (κ3) is 2.83. The first-order valence-electron chi connectivity index (χ1n) is 5.97. The van der Waals surface area contributed by atoms with E-state index in [2.05, 4.69) is 0 Å². The van der Waals surface area contributed by atoms with Crippen molar-refractivity contribution >= 4 is 29.0 Å². The molecular formula is C16H14Cl2O. The van der Waals surface area contributed by atoms with Crippen LogP contribution < -0.4 is 0 Å². The Labute approximate surface area is 123 Å². The molecule has 0 heterocycles. The summed E-state index contributed by atoms with van der Waals surface area (Å²) in [6.45, 7) is 5.95. The zero-order valence-electron chi connectivity index (χ0n) is 11.1. The number of carbonyl (C=O) groups excluding carboxylic acids is 1. The average molecular weight is 293 g/mol. The molecule has 2 rings (SSSR count). The summed E-state index contributed by atoms with van der Waals surface area (Å²) >= 11 is 12.0. The summed E-state index contributed by atoms with van der Waals surface area (Å²) in [5.41, 5.74) is 4.33. The van der Waals surface area contributed by atoms with Gasteiger partial charge in [-0.15, -0.1) is 0 Å². The molecule has 0 fully saturated rings. The summed E-state index contributed by atoms with van der Waals surface area (Å²) in [6, 6.07) is 8.85. The molecule has 0 aliphatic rings. The molecule has 2 aromatic carbocycles. The maximum Gasteiger partial charge on any atom is 0.194 e. The third-order valence-corrected chi connectivity index (χ3v) is 3.82. The molecule has 0 atom stereocenters. The van der Waals surface area contributed by atoms with Crippen molar-refractivity contribution < 1.29 is 4.79 Å². The van der Waals surface area contributed by atoms with Crippen LogP contribution in [0.25, 0.3) is 0 Å². The summed E-state index contributed by atoms with van der Waals surface area (Å²) in [6.07, 6.45) is 0. The molecule has 19 heavy (non-hydrogen) atoms. The van der Waals surface area contributed by atoms with Crippen molar-refractivity contribution in [2.24, 2.45) is 0 Å². The molecule has 0 bridgehead atoms. The molecule has 0 radical (unpaired) electrons. The highest BCUT2D eigenvalue weighted by Crippen LogP contribution is 2.25. The Bertz CT molecular complexity index is 660. The Kier molecular flexibility index (Phi) is 3.98. The molecule has 0 aliphatic carbocycles. The first kappa shape index (κ1) is 14.1. The number of hydrogen-bond acceptors (Lipinski definition) is 1. The van der Waals surface area contributed by atoms with Crippen LogP contribution >= 0.6 is 23.2 Å². The minimum atomic E-state index is -0.0897. The van der Waals surface area contributed by atoms with E-state index in [4.69, 9.17) is 23.2 Å². The molecule has 2 aromatic rings. The molecule has 3 heteroatoms. The van der Waals surface area contributed by atoms with E-state index in [1.807, 2.05) is 32.9 Å². The van der Waals surface area contributed by atoms with Crippen LogP contribution in [-0.2, 0) is 0 Å². The molecule has 0 saturated heterocycles. The highest BCUT2D eigenvalue weighted by Gasteiger charge is 2.16. The van der Waals surface area contributed by atoms with Crippen LogP contribution in [0.2, 0.25) is 10.0 Å².